The molecule has 0 aliphatic carbocycles. The summed E-state index contributed by atoms with van der Waals surface area (Å²) in [5.41, 5.74) is 2.39. The Bertz CT molecular complexity index is 360. The predicted molar refractivity (Wildman–Crippen MR) is 60.6 cm³/mol. The molecule has 0 unspecified atom stereocenters. The van der Waals surface area contributed by atoms with Gasteiger partial charge >= 0.3 is 0 Å². The zero-order valence-corrected chi connectivity index (χ0v) is 8.33. The van der Waals surface area contributed by atoms with Crippen LogP contribution in [0, 0.1) is 6.92 Å². The summed E-state index contributed by atoms with van der Waals surface area (Å²) in [7, 11) is 0. The van der Waals surface area contributed by atoms with Crippen LogP contribution in [0.4, 0.5) is 5.69 Å². The molecule has 0 bridgehead atoms. The number of allylic oxidation sites excluding steroid dienone is 1. The van der Waals surface area contributed by atoms with Crippen molar-refractivity contribution < 1.29 is 0 Å². The van der Waals surface area contributed by atoms with E-state index in [1.54, 1.807) is 0 Å². The van der Waals surface area contributed by atoms with E-state index in [1.807, 2.05) is 6.20 Å². The number of rotatable bonds is 1. The summed E-state index contributed by atoms with van der Waals surface area (Å²) >= 11 is 0. The second-order valence-electron chi connectivity index (χ2n) is 3.49. The van der Waals surface area contributed by atoms with Gasteiger partial charge in [-0.15, -0.1) is 0 Å². The summed E-state index contributed by atoms with van der Waals surface area (Å²) in [4.78, 5) is 4.27. The molecule has 14 heavy (non-hydrogen) atoms. The van der Waals surface area contributed by atoms with E-state index in [9.17, 15) is 0 Å². The maximum atomic E-state index is 4.27. The molecule has 2 nitrogen and oxygen atoms in total. The summed E-state index contributed by atoms with van der Waals surface area (Å²) in [5, 5.41) is 3.31. The molecule has 0 fully saturated rings. The Balaban J connectivity index is 2.07. The van der Waals surface area contributed by atoms with Crippen LogP contribution in [0.2, 0.25) is 0 Å². The third kappa shape index (κ3) is 2.22. The molecule has 1 aliphatic rings. The molecule has 1 aliphatic heterocycles. The predicted octanol–water partition coefficient (Wildman–Crippen LogP) is 3.11. The number of nitrogens with zero attached hydrogens (tertiary/aromatic N) is 1. The number of amidine groups is 1. The van der Waals surface area contributed by atoms with E-state index in [0.717, 1.165) is 24.4 Å². The van der Waals surface area contributed by atoms with Crippen molar-refractivity contribution in [3.63, 3.8) is 0 Å². The number of aryl methyl sites for hydroxylation is 1. The van der Waals surface area contributed by atoms with Crippen LogP contribution >= 0.6 is 0 Å². The lowest BCUT2D eigenvalue weighted by Gasteiger charge is -2.10. The number of anilines is 1. The number of hydrogen-bond donors (Lipinski definition) is 1. The molecule has 0 amide bonds. The molecule has 0 atom stereocenters. The van der Waals surface area contributed by atoms with E-state index in [1.165, 1.54) is 5.56 Å². The highest BCUT2D eigenvalue weighted by atomic mass is 15.0. The average Bonchev–Trinajstić information content (AvgIpc) is 2.23. The van der Waals surface area contributed by atoms with Gasteiger partial charge in [-0.05, 0) is 25.5 Å². The van der Waals surface area contributed by atoms with Gasteiger partial charge in [0.25, 0.3) is 0 Å². The van der Waals surface area contributed by atoms with Crippen LogP contribution in [0.1, 0.15) is 18.4 Å². The molecule has 2 rings (SSSR count). The van der Waals surface area contributed by atoms with Gasteiger partial charge in [-0.2, -0.15) is 0 Å². The molecule has 0 saturated carbocycles. The first-order valence-corrected chi connectivity index (χ1v) is 4.90. The number of hydrogen-bond acceptors (Lipinski definition) is 2. The van der Waals surface area contributed by atoms with E-state index in [0.29, 0.717) is 0 Å². The standard InChI is InChI=1S/C12H14N2/c1-10-5-7-11(8-6-10)14-12-4-2-3-9-13-12/h3,5-9H,2,4H2,1H3,(H,13,14). The van der Waals surface area contributed by atoms with E-state index in [2.05, 4.69) is 47.6 Å². The second-order valence-corrected chi connectivity index (χ2v) is 3.49. The highest BCUT2D eigenvalue weighted by molar-refractivity contribution is 5.96. The SMILES string of the molecule is Cc1ccc(NC2=NC=CCC2)cc1. The van der Waals surface area contributed by atoms with Gasteiger partial charge in [-0.1, -0.05) is 23.8 Å². The van der Waals surface area contributed by atoms with E-state index < -0.39 is 0 Å². The van der Waals surface area contributed by atoms with Gasteiger partial charge in [0.15, 0.2) is 0 Å². The molecule has 2 heteroatoms. The van der Waals surface area contributed by atoms with Gasteiger partial charge in [0, 0.05) is 18.3 Å². The molecule has 72 valence electrons. The van der Waals surface area contributed by atoms with Crippen molar-refractivity contribution >= 4 is 11.5 Å². The Hall–Kier alpha value is -1.57. The largest absolute Gasteiger partial charge is 0.344 e. The summed E-state index contributed by atoms with van der Waals surface area (Å²) in [6.45, 7) is 2.09. The summed E-state index contributed by atoms with van der Waals surface area (Å²) < 4.78 is 0. The summed E-state index contributed by atoms with van der Waals surface area (Å²) in [6.07, 6.45) is 6.03. The molecule has 0 aromatic heterocycles. The van der Waals surface area contributed by atoms with E-state index in [-0.39, 0.29) is 0 Å². The Morgan fingerprint density at radius 1 is 1.21 bits per heavy atom. The highest BCUT2D eigenvalue weighted by Crippen LogP contribution is 2.11. The molecule has 1 aromatic rings. The first-order valence-electron chi connectivity index (χ1n) is 4.90. The van der Waals surface area contributed by atoms with Crippen LogP contribution in [0.3, 0.4) is 0 Å². The maximum absolute atomic E-state index is 4.27. The van der Waals surface area contributed by atoms with Crippen LogP contribution < -0.4 is 5.32 Å². The van der Waals surface area contributed by atoms with Gasteiger partial charge in [0.1, 0.15) is 5.84 Å². The zero-order valence-electron chi connectivity index (χ0n) is 8.33. The molecule has 0 saturated heterocycles. The summed E-state index contributed by atoms with van der Waals surface area (Å²) in [5.74, 6) is 1.05. The van der Waals surface area contributed by atoms with Crippen molar-refractivity contribution in [3.05, 3.63) is 42.1 Å². The van der Waals surface area contributed by atoms with Crippen molar-refractivity contribution in [2.45, 2.75) is 19.8 Å². The van der Waals surface area contributed by atoms with Gasteiger partial charge in [0.05, 0.1) is 0 Å². The smallest absolute Gasteiger partial charge is 0.106 e. The molecule has 1 N–H and O–H groups in total. The van der Waals surface area contributed by atoms with Crippen LogP contribution in [0.15, 0.2) is 41.5 Å². The lowest BCUT2D eigenvalue weighted by Crippen LogP contribution is -2.12. The minimum atomic E-state index is 1.00. The van der Waals surface area contributed by atoms with Crippen molar-refractivity contribution in [1.82, 2.24) is 0 Å². The fraction of sp³-hybridized carbons (Fsp3) is 0.250. The fourth-order valence-electron chi connectivity index (χ4n) is 1.40. The van der Waals surface area contributed by atoms with Gasteiger partial charge in [-0.3, -0.25) is 0 Å². The maximum Gasteiger partial charge on any atom is 0.106 e. The quantitative estimate of drug-likeness (QED) is 0.716. The molecule has 0 radical (unpaired) electrons. The Kier molecular flexibility index (Phi) is 2.63. The minimum Gasteiger partial charge on any atom is -0.344 e. The lowest BCUT2D eigenvalue weighted by molar-refractivity contribution is 1.05. The van der Waals surface area contributed by atoms with E-state index >= 15 is 0 Å². The Morgan fingerprint density at radius 2 is 2.00 bits per heavy atom. The Morgan fingerprint density at radius 3 is 2.64 bits per heavy atom. The second kappa shape index (κ2) is 4.09. The topological polar surface area (TPSA) is 24.4 Å². The fourth-order valence-corrected chi connectivity index (χ4v) is 1.40. The first-order chi connectivity index (χ1) is 6.84. The van der Waals surface area contributed by atoms with Crippen molar-refractivity contribution in [3.8, 4) is 0 Å². The van der Waals surface area contributed by atoms with Crippen molar-refractivity contribution in [1.29, 1.82) is 0 Å². The highest BCUT2D eigenvalue weighted by Gasteiger charge is 2.00. The molecule has 0 spiro atoms. The van der Waals surface area contributed by atoms with Crippen LogP contribution in [0.25, 0.3) is 0 Å². The summed E-state index contributed by atoms with van der Waals surface area (Å²) in [6, 6.07) is 8.36. The van der Waals surface area contributed by atoms with Gasteiger partial charge < -0.3 is 5.32 Å². The van der Waals surface area contributed by atoms with Crippen LogP contribution in [0.5, 0.6) is 0 Å². The van der Waals surface area contributed by atoms with Gasteiger partial charge in [0.2, 0.25) is 0 Å². The van der Waals surface area contributed by atoms with Crippen molar-refractivity contribution in [2.24, 2.45) is 4.99 Å². The Labute approximate surface area is 84.4 Å². The van der Waals surface area contributed by atoms with Crippen LogP contribution in [-0.2, 0) is 0 Å². The third-order valence-corrected chi connectivity index (χ3v) is 2.22. The zero-order chi connectivity index (χ0) is 9.80. The normalized spacial score (nSPS) is 15.1. The molecular weight excluding hydrogens is 172 g/mol. The van der Waals surface area contributed by atoms with Crippen LogP contribution in [-0.4, -0.2) is 5.84 Å². The number of nitrogens with one attached hydrogen (secondary N) is 1. The molecule has 1 aromatic carbocycles. The van der Waals surface area contributed by atoms with Gasteiger partial charge in [-0.25, -0.2) is 4.99 Å². The number of benzene rings is 1. The van der Waals surface area contributed by atoms with E-state index in [4.69, 9.17) is 0 Å². The van der Waals surface area contributed by atoms with Crippen molar-refractivity contribution in [2.75, 3.05) is 5.32 Å². The lowest BCUT2D eigenvalue weighted by atomic mass is 10.2. The average molecular weight is 186 g/mol. The molecular formula is C12H14N2. The third-order valence-electron chi connectivity index (χ3n) is 2.22. The first kappa shape index (κ1) is 9.00. The monoisotopic (exact) mass is 186 g/mol. The minimum absolute atomic E-state index is 1.00. The number of aliphatic imine (C=N–C) groups is 1. The molecule has 1 heterocycles.